The Morgan fingerprint density at radius 3 is 2.27 bits per heavy atom. The first kappa shape index (κ1) is 16.8. The lowest BCUT2D eigenvalue weighted by atomic mass is 9.81. The Kier molecular flexibility index (Phi) is 4.81. The molecule has 0 amide bonds. The number of allylic oxidation sites excluding steroid dienone is 2. The second kappa shape index (κ2) is 6.29. The van der Waals surface area contributed by atoms with Gasteiger partial charge in [0, 0.05) is 26.3 Å². The fourth-order valence-corrected chi connectivity index (χ4v) is 2.96. The van der Waals surface area contributed by atoms with E-state index >= 15 is 0 Å². The lowest BCUT2D eigenvalue weighted by Gasteiger charge is -2.26. The monoisotopic (exact) mass is 298 g/mol. The van der Waals surface area contributed by atoms with Gasteiger partial charge in [0.25, 0.3) is 0 Å². The molecule has 1 aliphatic rings. The van der Waals surface area contributed by atoms with Gasteiger partial charge in [0.15, 0.2) is 0 Å². The molecule has 2 heteroatoms. The second-order valence-electron chi connectivity index (χ2n) is 7.76. The van der Waals surface area contributed by atoms with Gasteiger partial charge in [0.1, 0.15) is 0 Å². The first-order valence-corrected chi connectivity index (χ1v) is 8.05. The molecule has 0 fully saturated rings. The Balaban J connectivity index is 2.40. The highest BCUT2D eigenvalue weighted by Crippen LogP contribution is 2.37. The molecule has 0 aromatic heterocycles. The maximum atomic E-state index is 2.37. The third-order valence-corrected chi connectivity index (χ3v) is 4.12. The minimum atomic E-state index is 0.145. The average molecular weight is 298 g/mol. The molecule has 1 aromatic carbocycles. The zero-order chi connectivity index (χ0) is 16.5. The van der Waals surface area contributed by atoms with Gasteiger partial charge in [-0.3, -0.25) is 0 Å². The van der Waals surface area contributed by atoms with E-state index in [4.69, 9.17) is 0 Å². The van der Waals surface area contributed by atoms with Crippen molar-refractivity contribution in [2.24, 2.45) is 0 Å². The van der Waals surface area contributed by atoms with Crippen molar-refractivity contribution < 1.29 is 0 Å². The fraction of sp³-hybridized carbons (Fsp3) is 0.500. The van der Waals surface area contributed by atoms with Crippen molar-refractivity contribution in [1.29, 1.82) is 0 Å². The Morgan fingerprint density at radius 1 is 1.05 bits per heavy atom. The van der Waals surface area contributed by atoms with Crippen LogP contribution in [0.25, 0.3) is 5.57 Å². The molecule has 120 valence electrons. The summed E-state index contributed by atoms with van der Waals surface area (Å²) in [5.74, 6) is 0. The highest BCUT2D eigenvalue weighted by molar-refractivity contribution is 5.77. The summed E-state index contributed by atoms with van der Waals surface area (Å²) in [6.07, 6.45) is 5.79. The van der Waals surface area contributed by atoms with Gasteiger partial charge in [-0.1, -0.05) is 39.0 Å². The predicted molar refractivity (Wildman–Crippen MR) is 98.7 cm³/mol. The molecule has 2 nitrogen and oxygen atoms in total. The molecular weight excluding hydrogens is 268 g/mol. The molecule has 0 heterocycles. The highest BCUT2D eigenvalue weighted by Gasteiger charge is 2.22. The number of hydrogen-bond acceptors (Lipinski definition) is 2. The van der Waals surface area contributed by atoms with Gasteiger partial charge in [0.05, 0.1) is 0 Å². The molecule has 0 bridgehead atoms. The molecule has 0 radical (unpaired) electrons. The summed E-state index contributed by atoms with van der Waals surface area (Å²) >= 11 is 0. The van der Waals surface area contributed by atoms with E-state index in [1.54, 1.807) is 0 Å². The fourth-order valence-electron chi connectivity index (χ4n) is 2.96. The zero-order valence-electron chi connectivity index (χ0n) is 15.2. The summed E-state index contributed by atoms with van der Waals surface area (Å²) in [4.78, 5) is 4.41. The number of benzene rings is 1. The molecule has 0 N–H and O–H groups in total. The molecule has 1 aromatic rings. The van der Waals surface area contributed by atoms with Gasteiger partial charge in [0.2, 0.25) is 0 Å². The van der Waals surface area contributed by atoms with Crippen LogP contribution >= 0.6 is 0 Å². The lowest BCUT2D eigenvalue weighted by Crippen LogP contribution is -2.16. The van der Waals surface area contributed by atoms with Crippen LogP contribution in [0, 0.1) is 0 Å². The quantitative estimate of drug-likeness (QED) is 0.816. The maximum absolute atomic E-state index is 2.37. The molecule has 0 atom stereocenters. The number of hydrogen-bond donors (Lipinski definition) is 0. The zero-order valence-corrected chi connectivity index (χ0v) is 15.2. The molecule has 22 heavy (non-hydrogen) atoms. The molecule has 0 saturated carbocycles. The highest BCUT2D eigenvalue weighted by atomic mass is 15.1. The third kappa shape index (κ3) is 3.80. The molecule has 0 unspecified atom stereocenters. The van der Waals surface area contributed by atoms with Crippen LogP contribution in [-0.4, -0.2) is 39.6 Å². The third-order valence-electron chi connectivity index (χ3n) is 4.12. The summed E-state index contributed by atoms with van der Waals surface area (Å²) < 4.78 is 0. The van der Waals surface area contributed by atoms with Crippen LogP contribution in [0.2, 0.25) is 0 Å². The van der Waals surface area contributed by atoms with Gasteiger partial charge in [-0.2, -0.15) is 0 Å². The van der Waals surface area contributed by atoms with E-state index in [-0.39, 0.29) is 5.41 Å². The SMILES string of the molecule is CN(C)CC1=CCC(c2ccc(N(C)C)cc2C(C)(C)C)=C1. The summed E-state index contributed by atoms with van der Waals surface area (Å²) in [6.45, 7) is 7.92. The van der Waals surface area contributed by atoms with Crippen molar-refractivity contribution in [3.05, 3.63) is 47.1 Å². The van der Waals surface area contributed by atoms with Crippen molar-refractivity contribution in [2.75, 3.05) is 39.6 Å². The van der Waals surface area contributed by atoms with Gasteiger partial charge < -0.3 is 9.80 Å². The Hall–Kier alpha value is -1.54. The Morgan fingerprint density at radius 2 is 1.73 bits per heavy atom. The van der Waals surface area contributed by atoms with Crippen LogP contribution in [0.1, 0.15) is 38.3 Å². The summed E-state index contributed by atoms with van der Waals surface area (Å²) in [7, 11) is 8.46. The normalized spacial score (nSPS) is 15.1. The minimum absolute atomic E-state index is 0.145. The molecule has 0 saturated heterocycles. The van der Waals surface area contributed by atoms with Gasteiger partial charge >= 0.3 is 0 Å². The van der Waals surface area contributed by atoms with E-state index in [0.717, 1.165) is 13.0 Å². The van der Waals surface area contributed by atoms with Crippen molar-refractivity contribution in [3.63, 3.8) is 0 Å². The second-order valence-corrected chi connectivity index (χ2v) is 7.76. The van der Waals surface area contributed by atoms with Gasteiger partial charge in [-0.05, 0) is 60.3 Å². The van der Waals surface area contributed by atoms with Crippen molar-refractivity contribution in [2.45, 2.75) is 32.6 Å². The number of likely N-dealkylation sites (N-methyl/N-ethyl adjacent to an activating group) is 1. The van der Waals surface area contributed by atoms with Gasteiger partial charge in [-0.25, -0.2) is 0 Å². The molecular formula is C20H30N2. The maximum Gasteiger partial charge on any atom is 0.0364 e. The summed E-state index contributed by atoms with van der Waals surface area (Å²) in [6, 6.07) is 6.88. The molecule has 1 aliphatic carbocycles. The van der Waals surface area contributed by atoms with E-state index < -0.39 is 0 Å². The first-order chi connectivity index (χ1) is 10.2. The van der Waals surface area contributed by atoms with Gasteiger partial charge in [-0.15, -0.1) is 0 Å². The summed E-state index contributed by atoms with van der Waals surface area (Å²) in [5, 5.41) is 0. The predicted octanol–water partition coefficient (Wildman–Crippen LogP) is 4.33. The van der Waals surface area contributed by atoms with Crippen LogP contribution in [0.3, 0.4) is 0 Å². The number of nitrogens with zero attached hydrogens (tertiary/aromatic N) is 2. The van der Waals surface area contributed by atoms with E-state index in [0.29, 0.717) is 0 Å². The van der Waals surface area contributed by atoms with Crippen LogP contribution in [0.5, 0.6) is 0 Å². The Bertz CT molecular complexity index is 599. The van der Waals surface area contributed by atoms with E-state index in [1.165, 1.54) is 28.0 Å². The number of rotatable bonds is 4. The van der Waals surface area contributed by atoms with Crippen LogP contribution < -0.4 is 4.90 Å². The first-order valence-electron chi connectivity index (χ1n) is 8.05. The number of anilines is 1. The topological polar surface area (TPSA) is 6.48 Å². The molecule has 0 aliphatic heterocycles. The van der Waals surface area contributed by atoms with Crippen LogP contribution in [-0.2, 0) is 5.41 Å². The lowest BCUT2D eigenvalue weighted by molar-refractivity contribution is 0.449. The minimum Gasteiger partial charge on any atom is -0.378 e. The largest absolute Gasteiger partial charge is 0.378 e. The molecule has 2 rings (SSSR count). The average Bonchev–Trinajstić information content (AvgIpc) is 2.84. The standard InChI is InChI=1S/C20H30N2/c1-20(2,3)19-13-17(22(6)7)10-11-18(19)16-9-8-15(12-16)14-21(4)5/h8,10-13H,9,14H2,1-7H3. The smallest absolute Gasteiger partial charge is 0.0364 e. The van der Waals surface area contributed by atoms with E-state index in [2.05, 4.69) is 89.1 Å². The van der Waals surface area contributed by atoms with E-state index in [1.807, 2.05) is 0 Å². The Labute approximate surface area is 136 Å². The van der Waals surface area contributed by atoms with Crippen LogP contribution in [0.15, 0.2) is 35.9 Å². The van der Waals surface area contributed by atoms with Crippen molar-refractivity contribution >= 4 is 11.3 Å². The molecule has 0 spiro atoms. The van der Waals surface area contributed by atoms with E-state index in [9.17, 15) is 0 Å². The summed E-state index contributed by atoms with van der Waals surface area (Å²) in [5.41, 5.74) is 7.14. The van der Waals surface area contributed by atoms with Crippen LogP contribution in [0.4, 0.5) is 5.69 Å². The van der Waals surface area contributed by atoms with Crippen molar-refractivity contribution in [1.82, 2.24) is 4.90 Å². The van der Waals surface area contributed by atoms with Crippen molar-refractivity contribution in [3.8, 4) is 0 Å².